The molecule has 0 amide bonds. The first-order chi connectivity index (χ1) is 11.6. The van der Waals surface area contributed by atoms with Crippen LogP contribution >= 0.6 is 22.9 Å². The maximum Gasteiger partial charge on any atom is 0.273 e. The molecule has 1 N–H and O–H groups in total. The average Bonchev–Trinajstić information content (AvgIpc) is 2.95. The number of thiazole rings is 1. The van der Waals surface area contributed by atoms with Crippen LogP contribution in [-0.4, -0.2) is 44.1 Å². The Bertz CT molecular complexity index is 739. The zero-order valence-electron chi connectivity index (χ0n) is 12.5. The molecular formula is C13H14ClN7O2S. The van der Waals surface area contributed by atoms with Crippen molar-refractivity contribution in [1.29, 1.82) is 0 Å². The fourth-order valence-corrected chi connectivity index (χ4v) is 3.35. The molecule has 1 aliphatic rings. The molecule has 3 heterocycles. The number of nitro groups is 1. The third-order valence-electron chi connectivity index (χ3n) is 3.31. The Balaban J connectivity index is 1.73. The van der Waals surface area contributed by atoms with E-state index in [2.05, 4.69) is 25.3 Å². The summed E-state index contributed by atoms with van der Waals surface area (Å²) in [5, 5.41) is 16.5. The summed E-state index contributed by atoms with van der Waals surface area (Å²) in [4.78, 5) is 23.6. The number of hydrogen-bond acceptors (Lipinski definition) is 6. The van der Waals surface area contributed by atoms with E-state index in [0.717, 1.165) is 10.4 Å². The lowest BCUT2D eigenvalue weighted by molar-refractivity contribution is -0.486. The minimum atomic E-state index is -0.703. The van der Waals surface area contributed by atoms with Crippen molar-refractivity contribution in [3.05, 3.63) is 55.7 Å². The van der Waals surface area contributed by atoms with Crippen LogP contribution < -0.4 is 5.32 Å². The molecule has 2 aromatic heterocycles. The SMILES string of the molecule is O=[N+]([O-])/N=C1\NCN(Cc2cccnc2)CN1Cc1cnc(Cl)s1. The molecule has 3 rings (SSSR count). The van der Waals surface area contributed by atoms with Crippen molar-refractivity contribution in [3.8, 4) is 0 Å². The van der Waals surface area contributed by atoms with E-state index in [4.69, 9.17) is 11.6 Å². The Kier molecular flexibility index (Phi) is 5.18. The van der Waals surface area contributed by atoms with Crippen molar-refractivity contribution in [1.82, 2.24) is 25.1 Å². The van der Waals surface area contributed by atoms with Gasteiger partial charge in [-0.25, -0.2) is 15.1 Å². The van der Waals surface area contributed by atoms with Gasteiger partial charge in [-0.15, -0.1) is 11.3 Å². The fourth-order valence-electron chi connectivity index (χ4n) is 2.35. The Morgan fingerprint density at radius 2 is 2.33 bits per heavy atom. The molecule has 0 aliphatic carbocycles. The van der Waals surface area contributed by atoms with E-state index in [0.29, 0.717) is 30.9 Å². The summed E-state index contributed by atoms with van der Waals surface area (Å²) < 4.78 is 0.440. The largest absolute Gasteiger partial charge is 0.338 e. The molecule has 24 heavy (non-hydrogen) atoms. The number of halogens is 1. The quantitative estimate of drug-likeness (QED) is 0.632. The molecule has 126 valence electrons. The highest BCUT2D eigenvalue weighted by atomic mass is 35.5. The number of nitrogens with one attached hydrogen (secondary N) is 1. The second-order valence-electron chi connectivity index (χ2n) is 5.11. The van der Waals surface area contributed by atoms with E-state index in [9.17, 15) is 10.1 Å². The van der Waals surface area contributed by atoms with Gasteiger partial charge in [0.1, 0.15) is 5.10 Å². The number of pyridine rings is 1. The van der Waals surface area contributed by atoms with E-state index >= 15 is 0 Å². The summed E-state index contributed by atoms with van der Waals surface area (Å²) in [5.41, 5.74) is 1.06. The van der Waals surface area contributed by atoms with Gasteiger partial charge in [-0.3, -0.25) is 9.88 Å². The number of rotatable bonds is 5. The van der Waals surface area contributed by atoms with Crippen LogP contribution in [0.15, 0.2) is 35.8 Å². The van der Waals surface area contributed by atoms with Crippen LogP contribution in [0.4, 0.5) is 0 Å². The minimum Gasteiger partial charge on any atom is -0.338 e. The van der Waals surface area contributed by atoms with Crippen LogP contribution in [0.25, 0.3) is 0 Å². The predicted molar refractivity (Wildman–Crippen MR) is 89.7 cm³/mol. The molecule has 0 aromatic carbocycles. The number of guanidine groups is 1. The summed E-state index contributed by atoms with van der Waals surface area (Å²) in [6.07, 6.45) is 5.18. The van der Waals surface area contributed by atoms with Crippen LogP contribution in [0.1, 0.15) is 10.4 Å². The van der Waals surface area contributed by atoms with E-state index < -0.39 is 5.03 Å². The van der Waals surface area contributed by atoms with E-state index in [1.54, 1.807) is 23.5 Å². The summed E-state index contributed by atoms with van der Waals surface area (Å²) in [6, 6.07) is 3.87. The predicted octanol–water partition coefficient (Wildman–Crippen LogP) is 1.56. The van der Waals surface area contributed by atoms with Gasteiger partial charge in [0.25, 0.3) is 5.96 Å². The van der Waals surface area contributed by atoms with Gasteiger partial charge in [0, 0.05) is 30.0 Å². The molecule has 0 radical (unpaired) electrons. The lowest BCUT2D eigenvalue weighted by Gasteiger charge is -2.36. The molecule has 0 unspecified atom stereocenters. The third kappa shape index (κ3) is 4.37. The van der Waals surface area contributed by atoms with Gasteiger partial charge in [-0.1, -0.05) is 17.7 Å². The number of nitrogens with zero attached hydrogens (tertiary/aromatic N) is 6. The first-order valence-corrected chi connectivity index (χ1v) is 8.23. The maximum atomic E-state index is 10.7. The van der Waals surface area contributed by atoms with Crippen molar-refractivity contribution in [2.24, 2.45) is 5.10 Å². The van der Waals surface area contributed by atoms with Gasteiger partial charge in [0.2, 0.25) is 0 Å². The highest BCUT2D eigenvalue weighted by Crippen LogP contribution is 2.20. The molecule has 1 saturated heterocycles. The van der Waals surface area contributed by atoms with Crippen LogP contribution in [0.3, 0.4) is 0 Å². The van der Waals surface area contributed by atoms with Crippen molar-refractivity contribution < 1.29 is 5.03 Å². The number of aromatic nitrogens is 2. The first kappa shape index (κ1) is 16.6. The zero-order chi connectivity index (χ0) is 16.9. The highest BCUT2D eigenvalue weighted by molar-refractivity contribution is 7.15. The third-order valence-corrected chi connectivity index (χ3v) is 4.41. The zero-order valence-corrected chi connectivity index (χ0v) is 14.1. The molecule has 0 bridgehead atoms. The molecule has 1 fully saturated rings. The standard InChI is InChI=1S/C13H14ClN7O2S/c14-12-16-5-11(24-12)7-20-9-19(6-10-2-1-3-15-4-10)8-17-13(20)18-21(22)23/h1-5H,6-9H2,(H,17,18). The van der Waals surface area contributed by atoms with Crippen molar-refractivity contribution in [2.45, 2.75) is 13.1 Å². The average molecular weight is 368 g/mol. The smallest absolute Gasteiger partial charge is 0.273 e. The highest BCUT2D eigenvalue weighted by Gasteiger charge is 2.25. The van der Waals surface area contributed by atoms with E-state index in [1.807, 2.05) is 12.1 Å². The Hall–Kier alpha value is -2.30. The molecule has 9 nitrogen and oxygen atoms in total. The first-order valence-electron chi connectivity index (χ1n) is 7.03. The van der Waals surface area contributed by atoms with Crippen LogP contribution in [0.2, 0.25) is 4.47 Å². The number of hydrazone groups is 1. The van der Waals surface area contributed by atoms with Gasteiger partial charge in [-0.2, -0.15) is 0 Å². The molecule has 11 heteroatoms. The Morgan fingerprint density at radius 1 is 1.46 bits per heavy atom. The van der Waals surface area contributed by atoms with Crippen LogP contribution in [0.5, 0.6) is 0 Å². The van der Waals surface area contributed by atoms with Gasteiger partial charge in [-0.05, 0) is 11.6 Å². The van der Waals surface area contributed by atoms with Crippen molar-refractivity contribution in [2.75, 3.05) is 13.3 Å². The molecule has 2 aromatic rings. The van der Waals surface area contributed by atoms with Crippen molar-refractivity contribution in [3.63, 3.8) is 0 Å². The second kappa shape index (κ2) is 7.51. The minimum absolute atomic E-state index is 0.229. The van der Waals surface area contributed by atoms with Gasteiger partial charge in [0.05, 0.1) is 19.9 Å². The fraction of sp³-hybridized carbons (Fsp3) is 0.308. The normalized spacial score (nSPS) is 17.0. The summed E-state index contributed by atoms with van der Waals surface area (Å²) >= 11 is 7.19. The lowest BCUT2D eigenvalue weighted by Crippen LogP contribution is -2.56. The molecule has 0 atom stereocenters. The van der Waals surface area contributed by atoms with E-state index in [-0.39, 0.29) is 5.96 Å². The monoisotopic (exact) mass is 367 g/mol. The molecule has 0 saturated carbocycles. The van der Waals surface area contributed by atoms with Gasteiger partial charge < -0.3 is 10.2 Å². The molecule has 1 aliphatic heterocycles. The van der Waals surface area contributed by atoms with Crippen LogP contribution in [-0.2, 0) is 13.1 Å². The Labute approximate surface area is 146 Å². The summed E-state index contributed by atoms with van der Waals surface area (Å²) in [6.45, 7) is 2.06. The van der Waals surface area contributed by atoms with Crippen molar-refractivity contribution >= 4 is 28.9 Å². The summed E-state index contributed by atoms with van der Waals surface area (Å²) in [5.74, 6) is 0.229. The van der Waals surface area contributed by atoms with Gasteiger partial charge in [0.15, 0.2) is 9.50 Å². The maximum absolute atomic E-state index is 10.7. The molecule has 0 spiro atoms. The van der Waals surface area contributed by atoms with Gasteiger partial charge >= 0.3 is 0 Å². The lowest BCUT2D eigenvalue weighted by atomic mass is 10.2. The number of hydrogen-bond donors (Lipinski definition) is 1. The van der Waals surface area contributed by atoms with E-state index in [1.165, 1.54) is 11.3 Å². The molecular weight excluding hydrogens is 354 g/mol. The van der Waals surface area contributed by atoms with Crippen LogP contribution in [0, 0.1) is 10.1 Å². The Morgan fingerprint density at radius 3 is 3.00 bits per heavy atom. The summed E-state index contributed by atoms with van der Waals surface area (Å²) in [7, 11) is 0. The topological polar surface area (TPSA) is 99.8 Å². The second-order valence-corrected chi connectivity index (χ2v) is 6.80.